The van der Waals surface area contributed by atoms with Gasteiger partial charge in [0.2, 0.25) is 0 Å². The summed E-state index contributed by atoms with van der Waals surface area (Å²) in [6, 6.07) is 45.9. The van der Waals surface area contributed by atoms with Crippen molar-refractivity contribution in [3.05, 3.63) is 133 Å². The highest BCUT2D eigenvalue weighted by atomic mass is 16.3. The Morgan fingerprint density at radius 2 is 1.03 bits per heavy atom. The molecule has 3 heterocycles. The largest absolute Gasteiger partial charge is 0.455 e. The molecule has 8 aromatic rings. The van der Waals surface area contributed by atoms with Crippen molar-refractivity contribution in [2.75, 3.05) is 0 Å². The first kappa shape index (κ1) is 21.8. The van der Waals surface area contributed by atoms with Crippen molar-refractivity contribution in [2.45, 2.75) is 0 Å². The molecular weight excluding hydrogens is 476 g/mol. The molecule has 0 saturated carbocycles. The van der Waals surface area contributed by atoms with Gasteiger partial charge < -0.3 is 4.42 Å². The molecule has 182 valence electrons. The number of hydrogen-bond donors (Lipinski definition) is 0. The Morgan fingerprint density at radius 3 is 1.72 bits per heavy atom. The molecule has 3 nitrogen and oxygen atoms in total. The van der Waals surface area contributed by atoms with E-state index in [0.29, 0.717) is 0 Å². The molecule has 0 fully saturated rings. The molecule has 8 rings (SSSR count). The molecule has 0 bridgehead atoms. The van der Waals surface area contributed by atoms with Crippen LogP contribution in [0.1, 0.15) is 0 Å². The van der Waals surface area contributed by atoms with E-state index in [4.69, 9.17) is 14.4 Å². The van der Waals surface area contributed by atoms with Gasteiger partial charge in [0, 0.05) is 32.8 Å². The molecule has 0 radical (unpaired) electrons. The maximum atomic E-state index is 6.42. The van der Waals surface area contributed by atoms with Gasteiger partial charge in [-0.1, -0.05) is 103 Å². The summed E-state index contributed by atoms with van der Waals surface area (Å²) in [5.41, 5.74) is 8.65. The van der Waals surface area contributed by atoms with Crippen molar-refractivity contribution in [1.82, 2.24) is 9.97 Å². The Morgan fingerprint density at radius 1 is 0.436 bits per heavy atom. The van der Waals surface area contributed by atoms with Crippen LogP contribution in [-0.2, 0) is 0 Å². The first-order chi connectivity index (χ1) is 19.3. The van der Waals surface area contributed by atoms with Crippen LogP contribution in [0.5, 0.6) is 0 Å². The molecule has 0 saturated heterocycles. The summed E-state index contributed by atoms with van der Waals surface area (Å²) >= 11 is 0. The Labute approximate surface area is 225 Å². The zero-order valence-electron chi connectivity index (χ0n) is 21.0. The summed E-state index contributed by atoms with van der Waals surface area (Å²) in [7, 11) is 0. The number of aromatic nitrogens is 2. The number of para-hydroxylation sites is 1. The number of rotatable bonds is 3. The molecule has 39 heavy (non-hydrogen) atoms. The van der Waals surface area contributed by atoms with Crippen LogP contribution in [0, 0.1) is 0 Å². The molecule has 0 unspecified atom stereocenters. The van der Waals surface area contributed by atoms with Crippen molar-refractivity contribution in [1.29, 1.82) is 0 Å². The molecule has 0 aliphatic rings. The molecule has 5 aromatic carbocycles. The summed E-state index contributed by atoms with van der Waals surface area (Å²) in [6.45, 7) is 0. The molecule has 3 aromatic heterocycles. The topological polar surface area (TPSA) is 38.9 Å². The second kappa shape index (κ2) is 8.64. The first-order valence-corrected chi connectivity index (χ1v) is 13.1. The van der Waals surface area contributed by atoms with Crippen LogP contribution >= 0.6 is 0 Å². The molecule has 0 spiro atoms. The van der Waals surface area contributed by atoms with Crippen LogP contribution in [0.4, 0.5) is 0 Å². The van der Waals surface area contributed by atoms with Crippen molar-refractivity contribution in [3.63, 3.8) is 0 Å². The highest BCUT2D eigenvalue weighted by Crippen LogP contribution is 2.40. The second-order valence-corrected chi connectivity index (χ2v) is 9.80. The first-order valence-electron chi connectivity index (χ1n) is 13.1. The quantitative estimate of drug-likeness (QED) is 0.228. The minimum atomic E-state index is 0.883. The van der Waals surface area contributed by atoms with Gasteiger partial charge in [-0.3, -0.25) is 0 Å². The van der Waals surface area contributed by atoms with Crippen molar-refractivity contribution < 1.29 is 4.42 Å². The molecule has 0 amide bonds. The number of fused-ring (bicyclic) bond motifs is 7. The summed E-state index contributed by atoms with van der Waals surface area (Å²) in [6.07, 6.45) is 0. The fourth-order valence-electron chi connectivity index (χ4n) is 5.62. The van der Waals surface area contributed by atoms with E-state index in [9.17, 15) is 0 Å². The minimum Gasteiger partial charge on any atom is -0.455 e. The molecule has 0 N–H and O–H groups in total. The van der Waals surface area contributed by atoms with E-state index >= 15 is 0 Å². The number of furan rings is 1. The van der Waals surface area contributed by atoms with Crippen molar-refractivity contribution in [2.24, 2.45) is 0 Å². The van der Waals surface area contributed by atoms with Crippen LogP contribution in [0.3, 0.4) is 0 Å². The van der Waals surface area contributed by atoms with Gasteiger partial charge in [0.25, 0.3) is 0 Å². The van der Waals surface area contributed by atoms with Crippen LogP contribution in [-0.4, -0.2) is 9.97 Å². The number of pyridine rings is 2. The third-order valence-electron chi connectivity index (χ3n) is 7.45. The van der Waals surface area contributed by atoms with Crippen LogP contribution in [0.2, 0.25) is 0 Å². The predicted molar refractivity (Wildman–Crippen MR) is 161 cm³/mol. The number of benzene rings is 5. The van der Waals surface area contributed by atoms with E-state index in [1.807, 2.05) is 48.5 Å². The lowest BCUT2D eigenvalue weighted by Gasteiger charge is -2.13. The van der Waals surface area contributed by atoms with Crippen molar-refractivity contribution >= 4 is 43.6 Å². The average molecular weight is 499 g/mol. The van der Waals surface area contributed by atoms with Gasteiger partial charge in [-0.05, 0) is 35.7 Å². The highest BCUT2D eigenvalue weighted by molar-refractivity contribution is 6.23. The van der Waals surface area contributed by atoms with Crippen LogP contribution in [0.25, 0.3) is 77.4 Å². The monoisotopic (exact) mass is 498 g/mol. The standard InChI is InChI=1S/C36H22N2O/c1-3-11-23(12-4-1)31-21-25(22-32(37-31)24-13-5-2-6-14-24)35-28-17-8-7-16-27(28)34-30(38-35)20-19-29-26-15-9-10-18-33(26)39-36(29)34/h1-22H. The third-order valence-corrected chi connectivity index (χ3v) is 7.45. The average Bonchev–Trinajstić information content (AvgIpc) is 3.40. The molecular formula is C36H22N2O. The zero-order valence-corrected chi connectivity index (χ0v) is 21.0. The van der Waals surface area contributed by atoms with Crippen LogP contribution in [0.15, 0.2) is 138 Å². The fourth-order valence-corrected chi connectivity index (χ4v) is 5.62. The second-order valence-electron chi connectivity index (χ2n) is 9.80. The summed E-state index contributed by atoms with van der Waals surface area (Å²) in [4.78, 5) is 10.3. The van der Waals surface area contributed by atoms with Gasteiger partial charge in [0.1, 0.15) is 11.2 Å². The van der Waals surface area contributed by atoms with Gasteiger partial charge in [-0.25, -0.2) is 9.97 Å². The Balaban J connectivity index is 1.45. The minimum absolute atomic E-state index is 0.883. The SMILES string of the molecule is c1ccc(-c2cc(-c3nc4ccc5c6ccccc6oc5c4c4ccccc34)cc(-c3ccccc3)n2)cc1. The predicted octanol–water partition coefficient (Wildman–Crippen LogP) is 9.68. The van der Waals surface area contributed by atoms with E-state index in [-0.39, 0.29) is 0 Å². The summed E-state index contributed by atoms with van der Waals surface area (Å²) < 4.78 is 6.42. The zero-order chi connectivity index (χ0) is 25.8. The fraction of sp³-hybridized carbons (Fsp3) is 0. The van der Waals surface area contributed by atoms with E-state index in [0.717, 1.165) is 77.4 Å². The lowest BCUT2D eigenvalue weighted by molar-refractivity contribution is 0.673. The molecule has 0 aliphatic heterocycles. The van der Waals surface area contributed by atoms with Crippen molar-refractivity contribution in [3.8, 4) is 33.8 Å². The normalized spacial score (nSPS) is 11.6. The van der Waals surface area contributed by atoms with E-state index in [1.54, 1.807) is 0 Å². The third kappa shape index (κ3) is 3.52. The Bertz CT molecular complexity index is 2110. The lowest BCUT2D eigenvalue weighted by atomic mass is 9.97. The van der Waals surface area contributed by atoms with E-state index in [2.05, 4.69) is 84.9 Å². The van der Waals surface area contributed by atoms with E-state index in [1.165, 1.54) is 0 Å². The molecule has 0 aliphatic carbocycles. The maximum Gasteiger partial charge on any atom is 0.145 e. The Hall–Kier alpha value is -5.28. The lowest BCUT2D eigenvalue weighted by Crippen LogP contribution is -1.94. The van der Waals surface area contributed by atoms with Crippen LogP contribution < -0.4 is 0 Å². The Kier molecular flexibility index (Phi) is 4.82. The summed E-state index contributed by atoms with van der Waals surface area (Å²) in [5.74, 6) is 0. The van der Waals surface area contributed by atoms with Gasteiger partial charge >= 0.3 is 0 Å². The summed E-state index contributed by atoms with van der Waals surface area (Å²) in [5, 5.41) is 5.49. The highest BCUT2D eigenvalue weighted by Gasteiger charge is 2.18. The van der Waals surface area contributed by atoms with Gasteiger partial charge in [0.15, 0.2) is 0 Å². The van der Waals surface area contributed by atoms with Gasteiger partial charge in [0.05, 0.1) is 28.0 Å². The van der Waals surface area contributed by atoms with Gasteiger partial charge in [-0.15, -0.1) is 0 Å². The number of nitrogens with zero attached hydrogens (tertiary/aromatic N) is 2. The van der Waals surface area contributed by atoms with E-state index < -0.39 is 0 Å². The molecule has 3 heteroatoms. The number of hydrogen-bond acceptors (Lipinski definition) is 3. The van der Waals surface area contributed by atoms with Gasteiger partial charge in [-0.2, -0.15) is 0 Å². The maximum absolute atomic E-state index is 6.42. The molecule has 0 atom stereocenters. The smallest absolute Gasteiger partial charge is 0.145 e.